The number of rotatable bonds is 11. The average molecular weight is 681 g/mol. The molecule has 6 aromatic rings. The van der Waals surface area contributed by atoms with Gasteiger partial charge in [-0.2, -0.15) is 0 Å². The number of aryl methyl sites for hydroxylation is 4. The summed E-state index contributed by atoms with van der Waals surface area (Å²) >= 11 is 0. The van der Waals surface area contributed by atoms with Crippen molar-refractivity contribution in [3.05, 3.63) is 178 Å². The highest BCUT2D eigenvalue weighted by Crippen LogP contribution is 2.42. The molecule has 0 fully saturated rings. The first-order valence-electron chi connectivity index (χ1n) is 19.0. The maximum absolute atomic E-state index is 4.05. The van der Waals surface area contributed by atoms with Crippen molar-refractivity contribution in [2.45, 2.75) is 60.8 Å². The minimum atomic E-state index is 0.280. The van der Waals surface area contributed by atoms with E-state index in [2.05, 4.69) is 191 Å². The zero-order valence-corrected chi connectivity index (χ0v) is 31.8. The van der Waals surface area contributed by atoms with Crippen molar-refractivity contribution in [1.29, 1.82) is 0 Å². The zero-order chi connectivity index (χ0) is 36.4. The summed E-state index contributed by atoms with van der Waals surface area (Å²) < 4.78 is 0. The largest absolute Gasteiger partial charge is 0.341 e. The van der Waals surface area contributed by atoms with Gasteiger partial charge in [-0.25, -0.2) is 0 Å². The van der Waals surface area contributed by atoms with Gasteiger partial charge in [0.05, 0.1) is 5.69 Å². The van der Waals surface area contributed by atoms with E-state index in [-0.39, 0.29) is 5.92 Å². The van der Waals surface area contributed by atoms with Gasteiger partial charge in [0, 0.05) is 45.8 Å². The van der Waals surface area contributed by atoms with E-state index in [1.807, 2.05) is 0 Å². The second-order valence-corrected chi connectivity index (χ2v) is 15.0. The molecule has 262 valence electrons. The van der Waals surface area contributed by atoms with E-state index >= 15 is 0 Å². The Kier molecular flexibility index (Phi) is 10.2. The molecular formula is C50H52N2. The van der Waals surface area contributed by atoms with Gasteiger partial charge in [-0.15, -0.1) is 6.58 Å². The van der Waals surface area contributed by atoms with Gasteiger partial charge in [0.15, 0.2) is 0 Å². The minimum Gasteiger partial charge on any atom is -0.341 e. The van der Waals surface area contributed by atoms with Crippen LogP contribution in [0.1, 0.15) is 60.9 Å². The fourth-order valence-electron chi connectivity index (χ4n) is 8.05. The van der Waals surface area contributed by atoms with Crippen LogP contribution in [0.25, 0.3) is 22.0 Å². The highest BCUT2D eigenvalue weighted by molar-refractivity contribution is 6.04. The van der Waals surface area contributed by atoms with Gasteiger partial charge in [-0.05, 0) is 123 Å². The molecule has 0 saturated heterocycles. The van der Waals surface area contributed by atoms with Crippen LogP contribution in [0.3, 0.4) is 0 Å². The van der Waals surface area contributed by atoms with E-state index in [1.54, 1.807) is 0 Å². The molecule has 52 heavy (non-hydrogen) atoms. The lowest BCUT2D eigenvalue weighted by molar-refractivity contribution is 0.610. The van der Waals surface area contributed by atoms with Crippen LogP contribution < -0.4 is 20.2 Å². The molecule has 7 rings (SSSR count). The quantitative estimate of drug-likeness (QED) is 0.126. The smallest absolute Gasteiger partial charge is 0.0520 e. The first kappa shape index (κ1) is 35.1. The van der Waals surface area contributed by atoms with Crippen LogP contribution in [-0.4, -0.2) is 6.54 Å². The minimum absolute atomic E-state index is 0.280. The molecule has 6 aromatic carbocycles. The molecule has 0 N–H and O–H groups in total. The van der Waals surface area contributed by atoms with Crippen LogP contribution in [-0.2, 0) is 0 Å². The molecule has 2 atom stereocenters. The number of nitrogens with zero attached hydrogens (tertiary/aromatic N) is 2. The lowest BCUT2D eigenvalue weighted by atomic mass is 9.82. The topological polar surface area (TPSA) is 6.48 Å². The Morgan fingerprint density at radius 3 is 1.77 bits per heavy atom. The molecule has 2 unspecified atom stereocenters. The summed E-state index contributed by atoms with van der Waals surface area (Å²) in [7, 11) is 0. The monoisotopic (exact) mass is 680 g/mol. The van der Waals surface area contributed by atoms with E-state index in [9.17, 15) is 0 Å². The van der Waals surface area contributed by atoms with Gasteiger partial charge in [0.25, 0.3) is 0 Å². The average Bonchev–Trinajstić information content (AvgIpc) is 3.16. The Bertz CT molecular complexity index is 2280. The molecule has 0 aromatic heterocycles. The van der Waals surface area contributed by atoms with Crippen LogP contribution in [0.2, 0.25) is 0 Å². The van der Waals surface area contributed by atoms with Gasteiger partial charge in [0.2, 0.25) is 0 Å². The fraction of sp³-hybridized carbons (Fsp3) is 0.240. The Balaban J connectivity index is 1.45. The van der Waals surface area contributed by atoms with Gasteiger partial charge in [0.1, 0.15) is 0 Å². The number of fused-ring (bicyclic) bond motifs is 2. The molecule has 2 heteroatoms. The van der Waals surface area contributed by atoms with Crippen molar-refractivity contribution in [1.82, 2.24) is 0 Å². The summed E-state index contributed by atoms with van der Waals surface area (Å²) in [6, 6.07) is 47.7. The molecule has 0 saturated carbocycles. The third-order valence-electron chi connectivity index (χ3n) is 10.9. The fourth-order valence-corrected chi connectivity index (χ4v) is 8.05. The Morgan fingerprint density at radius 1 is 0.673 bits per heavy atom. The second-order valence-electron chi connectivity index (χ2n) is 15.0. The molecule has 2 nitrogen and oxygen atoms in total. The van der Waals surface area contributed by atoms with Crippen LogP contribution in [0, 0.1) is 39.5 Å². The standard InChI is InChI=1S/C50H52N2/c1-8-34(2)14-13-31-51(40-25-19-35(3)20-26-40)49-38(6)32-47(43-15-9-11-17-45(43)49)48-33-39(7)50(46-18-12-10-16-44(46)48)52(41-27-21-36(4)22-28-41)42-29-23-37(5)24-30-42/h8-12,15-30,32,34,39H,1,13-14,31,33H2,2-7H3. The van der Waals surface area contributed by atoms with Crippen molar-refractivity contribution in [3.8, 4) is 0 Å². The number of anilines is 4. The first-order valence-corrected chi connectivity index (χ1v) is 19.0. The molecule has 0 bridgehead atoms. The summed E-state index contributed by atoms with van der Waals surface area (Å²) in [6.45, 7) is 18.5. The van der Waals surface area contributed by atoms with E-state index in [4.69, 9.17) is 0 Å². The lowest BCUT2D eigenvalue weighted by Crippen LogP contribution is -2.40. The predicted molar refractivity (Wildman–Crippen MR) is 225 cm³/mol. The predicted octanol–water partition coefficient (Wildman–Crippen LogP) is 12.0. The van der Waals surface area contributed by atoms with Gasteiger partial charge >= 0.3 is 0 Å². The van der Waals surface area contributed by atoms with Gasteiger partial charge in [-0.1, -0.05) is 122 Å². The van der Waals surface area contributed by atoms with E-state index < -0.39 is 0 Å². The highest BCUT2D eigenvalue weighted by Gasteiger charge is 2.28. The highest BCUT2D eigenvalue weighted by atomic mass is 15.2. The SMILES string of the molecule is C=CC(C)CCCN(c1ccc(C)cc1)c1c(C)cc(C2=c3ccccc3=C(N(c3ccc(C)cc3)c3ccc(C)cc3)C(C)C2)c2ccccc12. The Hall–Kier alpha value is -5.34. The summed E-state index contributed by atoms with van der Waals surface area (Å²) in [5.74, 6) is 0.779. The lowest BCUT2D eigenvalue weighted by Gasteiger charge is -2.35. The molecule has 0 radical (unpaired) electrons. The molecular weight excluding hydrogens is 629 g/mol. The van der Waals surface area contributed by atoms with Crippen LogP contribution >= 0.6 is 0 Å². The second kappa shape index (κ2) is 15.1. The first-order chi connectivity index (χ1) is 25.2. The van der Waals surface area contributed by atoms with Crippen molar-refractivity contribution in [3.63, 3.8) is 0 Å². The summed E-state index contributed by atoms with van der Waals surface area (Å²) in [5.41, 5.74) is 14.2. The van der Waals surface area contributed by atoms with E-state index in [1.165, 1.54) is 83.0 Å². The van der Waals surface area contributed by atoms with E-state index in [0.717, 1.165) is 25.8 Å². The zero-order valence-electron chi connectivity index (χ0n) is 31.8. The Labute approximate surface area is 311 Å². The van der Waals surface area contributed by atoms with Crippen molar-refractivity contribution >= 4 is 44.8 Å². The molecule has 0 heterocycles. The van der Waals surface area contributed by atoms with Crippen LogP contribution in [0.5, 0.6) is 0 Å². The third-order valence-corrected chi connectivity index (χ3v) is 10.9. The van der Waals surface area contributed by atoms with Crippen molar-refractivity contribution < 1.29 is 0 Å². The number of benzene rings is 6. The van der Waals surface area contributed by atoms with Crippen molar-refractivity contribution in [2.24, 2.45) is 11.8 Å². The summed E-state index contributed by atoms with van der Waals surface area (Å²) in [5, 5.41) is 5.25. The van der Waals surface area contributed by atoms with E-state index in [0.29, 0.717) is 5.92 Å². The summed E-state index contributed by atoms with van der Waals surface area (Å²) in [6.07, 6.45) is 5.24. The van der Waals surface area contributed by atoms with Crippen LogP contribution in [0.4, 0.5) is 22.7 Å². The maximum Gasteiger partial charge on any atom is 0.0520 e. The normalized spacial score (nSPS) is 14.6. The third kappa shape index (κ3) is 6.95. The van der Waals surface area contributed by atoms with Gasteiger partial charge in [-0.3, -0.25) is 0 Å². The number of hydrogen-bond acceptors (Lipinski definition) is 2. The number of allylic oxidation sites excluding steroid dienone is 1. The molecule has 0 spiro atoms. The van der Waals surface area contributed by atoms with Crippen LogP contribution in [0.15, 0.2) is 140 Å². The molecule has 1 aliphatic carbocycles. The van der Waals surface area contributed by atoms with Gasteiger partial charge < -0.3 is 9.80 Å². The number of hydrogen-bond donors (Lipinski definition) is 0. The maximum atomic E-state index is 4.05. The van der Waals surface area contributed by atoms with Crippen molar-refractivity contribution in [2.75, 3.05) is 16.3 Å². The Morgan fingerprint density at radius 2 is 1.19 bits per heavy atom. The molecule has 0 aliphatic heterocycles. The molecule has 1 aliphatic rings. The summed E-state index contributed by atoms with van der Waals surface area (Å²) in [4.78, 5) is 5.06. The molecule has 0 amide bonds.